The maximum absolute atomic E-state index is 12.7. The number of amides is 1. The Morgan fingerprint density at radius 2 is 2.04 bits per heavy atom. The lowest BCUT2D eigenvalue weighted by molar-refractivity contribution is -0.116. The Bertz CT molecular complexity index is 1150. The molecular formula is C19H15N5O2S. The first-order valence-electron chi connectivity index (χ1n) is 8.13. The molecule has 2 N–H and O–H groups in total. The topological polar surface area (TPSA) is 93.6 Å². The molecular weight excluding hydrogens is 362 g/mol. The van der Waals surface area contributed by atoms with E-state index in [1.54, 1.807) is 41.0 Å². The Hall–Kier alpha value is -3.36. The summed E-state index contributed by atoms with van der Waals surface area (Å²) in [4.78, 5) is 29.2. The first-order valence-corrected chi connectivity index (χ1v) is 9.01. The molecule has 0 saturated heterocycles. The first-order chi connectivity index (χ1) is 13.1. The maximum atomic E-state index is 12.7. The van der Waals surface area contributed by atoms with Gasteiger partial charge in [-0.2, -0.15) is 5.10 Å². The van der Waals surface area contributed by atoms with Gasteiger partial charge in [0.25, 0.3) is 0 Å². The Labute approximate surface area is 158 Å². The van der Waals surface area contributed by atoms with Crippen LogP contribution in [-0.4, -0.2) is 26.3 Å². The lowest BCUT2D eigenvalue weighted by Gasteiger charge is -2.15. The molecule has 0 radical (unpaired) electrons. The Morgan fingerprint density at radius 3 is 2.78 bits per heavy atom. The molecule has 1 aromatic carbocycles. The van der Waals surface area contributed by atoms with Crippen molar-refractivity contribution in [2.45, 2.75) is 6.92 Å². The third kappa shape index (κ3) is 3.01. The van der Waals surface area contributed by atoms with Crippen molar-refractivity contribution in [2.24, 2.45) is 5.84 Å². The van der Waals surface area contributed by atoms with Crippen LogP contribution in [0.5, 0.6) is 0 Å². The van der Waals surface area contributed by atoms with Crippen molar-refractivity contribution < 1.29 is 9.59 Å². The summed E-state index contributed by atoms with van der Waals surface area (Å²) in [7, 11) is 0. The van der Waals surface area contributed by atoms with Gasteiger partial charge in [0.1, 0.15) is 0 Å². The predicted octanol–water partition coefficient (Wildman–Crippen LogP) is 2.92. The van der Waals surface area contributed by atoms with Crippen LogP contribution in [0.15, 0.2) is 60.2 Å². The molecule has 3 heterocycles. The second-order valence-corrected chi connectivity index (χ2v) is 6.82. The molecule has 4 rings (SSSR count). The minimum atomic E-state index is -0.269. The van der Waals surface area contributed by atoms with E-state index in [9.17, 15) is 9.59 Å². The van der Waals surface area contributed by atoms with Crippen molar-refractivity contribution in [3.05, 3.63) is 70.7 Å². The van der Waals surface area contributed by atoms with Crippen molar-refractivity contribution in [2.75, 3.05) is 5.01 Å². The van der Waals surface area contributed by atoms with Crippen LogP contribution < -0.4 is 10.9 Å². The standard InChI is InChI=1S/C19H15N5O2S/c1-12(25)23(20)14-5-2-4-13(10-14)16-7-8-21-19-15(11-22-24(16)19)18(26)17-6-3-9-27-17/h2-11H,20H2,1H3. The Balaban J connectivity index is 1.82. The molecule has 1 amide bonds. The van der Waals surface area contributed by atoms with E-state index >= 15 is 0 Å². The zero-order chi connectivity index (χ0) is 19.0. The van der Waals surface area contributed by atoms with Gasteiger partial charge in [-0.3, -0.25) is 9.59 Å². The molecule has 0 aliphatic heterocycles. The van der Waals surface area contributed by atoms with Crippen LogP contribution in [0.25, 0.3) is 16.9 Å². The van der Waals surface area contributed by atoms with E-state index in [0.717, 1.165) is 16.3 Å². The highest BCUT2D eigenvalue weighted by molar-refractivity contribution is 7.12. The summed E-state index contributed by atoms with van der Waals surface area (Å²) in [5.41, 5.74) is 3.03. The number of hydrazine groups is 1. The number of ketones is 1. The fraction of sp³-hybridized carbons (Fsp3) is 0.0526. The predicted molar refractivity (Wildman–Crippen MR) is 104 cm³/mol. The van der Waals surface area contributed by atoms with Crippen LogP contribution in [-0.2, 0) is 4.79 Å². The number of hydrogen-bond donors (Lipinski definition) is 1. The average Bonchev–Trinajstić information content (AvgIpc) is 3.36. The number of fused-ring (bicyclic) bond motifs is 1. The number of rotatable bonds is 4. The summed E-state index contributed by atoms with van der Waals surface area (Å²) in [5.74, 6) is 5.42. The fourth-order valence-corrected chi connectivity index (χ4v) is 3.49. The van der Waals surface area contributed by atoms with E-state index in [4.69, 9.17) is 5.84 Å². The van der Waals surface area contributed by atoms with Crippen LogP contribution in [0.4, 0.5) is 5.69 Å². The fourth-order valence-electron chi connectivity index (χ4n) is 2.81. The van der Waals surface area contributed by atoms with Crippen molar-refractivity contribution in [1.29, 1.82) is 0 Å². The number of hydrogen-bond acceptors (Lipinski definition) is 6. The Morgan fingerprint density at radius 1 is 1.19 bits per heavy atom. The highest BCUT2D eigenvalue weighted by Crippen LogP contribution is 2.26. The second kappa shape index (κ2) is 6.75. The summed E-state index contributed by atoms with van der Waals surface area (Å²) < 4.78 is 1.62. The quantitative estimate of drug-likeness (QED) is 0.255. The smallest absolute Gasteiger partial charge is 0.238 e. The highest BCUT2D eigenvalue weighted by Gasteiger charge is 2.18. The number of anilines is 1. The van der Waals surface area contributed by atoms with Crippen molar-refractivity contribution in [1.82, 2.24) is 14.6 Å². The SMILES string of the molecule is CC(=O)N(N)c1cccc(-c2ccnc3c(C(=O)c4cccs4)cnn23)c1. The molecule has 0 saturated carbocycles. The third-order valence-electron chi connectivity index (χ3n) is 4.15. The van der Waals surface area contributed by atoms with Crippen LogP contribution in [0.3, 0.4) is 0 Å². The number of nitrogens with two attached hydrogens (primary N) is 1. The Kier molecular flexibility index (Phi) is 4.27. The van der Waals surface area contributed by atoms with E-state index in [-0.39, 0.29) is 11.7 Å². The number of benzene rings is 1. The lowest BCUT2D eigenvalue weighted by Crippen LogP contribution is -2.35. The molecule has 4 aromatic rings. The van der Waals surface area contributed by atoms with Gasteiger partial charge in [0, 0.05) is 18.7 Å². The lowest BCUT2D eigenvalue weighted by atomic mass is 10.1. The van der Waals surface area contributed by atoms with Crippen molar-refractivity contribution in [3.8, 4) is 11.3 Å². The highest BCUT2D eigenvalue weighted by atomic mass is 32.1. The largest absolute Gasteiger partial charge is 0.287 e. The van der Waals surface area contributed by atoms with E-state index in [1.807, 2.05) is 17.5 Å². The first kappa shape index (κ1) is 17.1. The second-order valence-electron chi connectivity index (χ2n) is 5.87. The molecule has 0 fully saturated rings. The molecule has 0 aliphatic carbocycles. The summed E-state index contributed by atoms with van der Waals surface area (Å²) in [5, 5.41) is 7.30. The summed E-state index contributed by atoms with van der Waals surface area (Å²) in [6.45, 7) is 1.40. The monoisotopic (exact) mass is 377 g/mol. The average molecular weight is 377 g/mol. The van der Waals surface area contributed by atoms with Gasteiger partial charge in [-0.05, 0) is 29.6 Å². The molecule has 134 valence electrons. The van der Waals surface area contributed by atoms with Crippen LogP contribution >= 0.6 is 11.3 Å². The zero-order valence-corrected chi connectivity index (χ0v) is 15.2. The summed E-state index contributed by atoms with van der Waals surface area (Å²) in [6, 6.07) is 12.6. The van der Waals surface area contributed by atoms with Crippen molar-refractivity contribution in [3.63, 3.8) is 0 Å². The normalized spacial score (nSPS) is 10.9. The van der Waals surface area contributed by atoms with Gasteiger partial charge >= 0.3 is 0 Å². The number of carbonyl (C=O) groups excluding carboxylic acids is 2. The zero-order valence-electron chi connectivity index (χ0n) is 14.4. The summed E-state index contributed by atoms with van der Waals surface area (Å²) >= 11 is 1.38. The number of carbonyl (C=O) groups is 2. The van der Waals surface area contributed by atoms with Gasteiger partial charge in [0.2, 0.25) is 11.7 Å². The van der Waals surface area contributed by atoms with E-state index in [0.29, 0.717) is 21.8 Å². The van der Waals surface area contributed by atoms with Gasteiger partial charge < -0.3 is 0 Å². The van der Waals surface area contributed by atoms with Gasteiger partial charge in [0.05, 0.1) is 28.0 Å². The number of thiophene rings is 1. The summed E-state index contributed by atoms with van der Waals surface area (Å²) in [6.07, 6.45) is 3.16. The molecule has 8 heteroatoms. The molecule has 0 bridgehead atoms. The maximum Gasteiger partial charge on any atom is 0.238 e. The number of aromatic nitrogens is 3. The van der Waals surface area contributed by atoms with Gasteiger partial charge in [-0.15, -0.1) is 11.3 Å². The third-order valence-corrected chi connectivity index (χ3v) is 5.02. The van der Waals surface area contributed by atoms with Crippen molar-refractivity contribution >= 4 is 34.4 Å². The van der Waals surface area contributed by atoms with E-state index in [1.165, 1.54) is 24.5 Å². The molecule has 27 heavy (non-hydrogen) atoms. The molecule has 7 nitrogen and oxygen atoms in total. The molecule has 0 spiro atoms. The minimum absolute atomic E-state index is 0.108. The van der Waals surface area contributed by atoms with Crippen LogP contribution in [0, 0.1) is 0 Å². The minimum Gasteiger partial charge on any atom is -0.287 e. The van der Waals surface area contributed by atoms with Gasteiger partial charge in [0.15, 0.2) is 5.65 Å². The van der Waals surface area contributed by atoms with E-state index < -0.39 is 0 Å². The molecule has 0 atom stereocenters. The molecule has 0 aliphatic rings. The van der Waals surface area contributed by atoms with E-state index in [2.05, 4.69) is 10.1 Å². The van der Waals surface area contributed by atoms with Gasteiger partial charge in [-0.1, -0.05) is 18.2 Å². The molecule has 3 aromatic heterocycles. The van der Waals surface area contributed by atoms with Gasteiger partial charge in [-0.25, -0.2) is 20.4 Å². The van der Waals surface area contributed by atoms with Crippen LogP contribution in [0.1, 0.15) is 22.2 Å². The van der Waals surface area contributed by atoms with Crippen LogP contribution in [0.2, 0.25) is 0 Å². The number of nitrogens with zero attached hydrogens (tertiary/aromatic N) is 4. The molecule has 0 unspecified atom stereocenters.